The maximum atomic E-state index is 13.0. The van der Waals surface area contributed by atoms with Gasteiger partial charge in [0, 0.05) is 29.9 Å². The predicted octanol–water partition coefficient (Wildman–Crippen LogP) is 2.36. The Bertz CT molecular complexity index is 1110. The average Bonchev–Trinajstić information content (AvgIpc) is 2.83. The highest BCUT2D eigenvalue weighted by atomic mass is 79.9. The first-order chi connectivity index (χ1) is 16.2. The van der Waals surface area contributed by atoms with Crippen LogP contribution in [0.25, 0.3) is 0 Å². The summed E-state index contributed by atoms with van der Waals surface area (Å²) in [5, 5.41) is 9.40. The van der Waals surface area contributed by atoms with Crippen LogP contribution in [-0.2, 0) is 24.3 Å². The summed E-state index contributed by atoms with van der Waals surface area (Å²) in [5.74, 6) is -0.336. The second-order valence-corrected chi connectivity index (χ2v) is 10.4. The van der Waals surface area contributed by atoms with Gasteiger partial charge in [0.05, 0.1) is 25.2 Å². The van der Waals surface area contributed by atoms with Gasteiger partial charge in [0.2, 0.25) is 16.3 Å². The van der Waals surface area contributed by atoms with Crippen LogP contribution in [0.1, 0.15) is 17.9 Å². The third-order valence-electron chi connectivity index (χ3n) is 5.29. The topological polar surface area (TPSA) is 128 Å². The van der Waals surface area contributed by atoms with Crippen molar-refractivity contribution in [3.63, 3.8) is 0 Å². The van der Waals surface area contributed by atoms with Crippen molar-refractivity contribution in [1.29, 1.82) is 0 Å². The molecule has 0 unspecified atom stereocenters. The molecule has 9 nitrogen and oxygen atoms in total. The van der Waals surface area contributed by atoms with E-state index in [1.54, 1.807) is 18.2 Å². The molecule has 0 spiro atoms. The van der Waals surface area contributed by atoms with Gasteiger partial charge in [-0.15, -0.1) is 0 Å². The first-order valence-corrected chi connectivity index (χ1v) is 12.8. The van der Waals surface area contributed by atoms with Crippen LogP contribution in [0.15, 0.2) is 69.7 Å². The molecule has 2 aromatic rings. The van der Waals surface area contributed by atoms with Gasteiger partial charge in [-0.3, -0.25) is 4.79 Å². The molecule has 1 heterocycles. The number of amides is 1. The van der Waals surface area contributed by atoms with E-state index in [0.717, 1.165) is 14.3 Å². The molecule has 11 heteroatoms. The van der Waals surface area contributed by atoms with Gasteiger partial charge in [-0.25, -0.2) is 8.42 Å². The van der Waals surface area contributed by atoms with Crippen molar-refractivity contribution in [2.75, 3.05) is 33.4 Å². The van der Waals surface area contributed by atoms with Crippen molar-refractivity contribution in [2.24, 2.45) is 5.73 Å². The molecular formula is C23H27BrN2O7S. The molecule has 0 saturated heterocycles. The SMILES string of the molecule is COc1ccc(S(=O)(=O)N(CCO)CCO[C@H]2C[C@@H](c3ccc(Br)cc3)C=C(C(N)=O)O2)cc1. The molecule has 1 aliphatic rings. The minimum atomic E-state index is -3.87. The van der Waals surface area contributed by atoms with Crippen LogP contribution in [0, 0.1) is 0 Å². The number of primary amides is 1. The van der Waals surface area contributed by atoms with Gasteiger partial charge in [-0.1, -0.05) is 28.1 Å². The monoisotopic (exact) mass is 554 g/mol. The summed E-state index contributed by atoms with van der Waals surface area (Å²) in [7, 11) is -2.37. The van der Waals surface area contributed by atoms with Crippen LogP contribution in [0.3, 0.4) is 0 Å². The molecule has 1 amide bonds. The van der Waals surface area contributed by atoms with E-state index in [1.165, 1.54) is 19.2 Å². The number of halogens is 1. The third-order valence-corrected chi connectivity index (χ3v) is 7.73. The Kier molecular flexibility index (Phi) is 9.09. The highest BCUT2D eigenvalue weighted by Gasteiger charge is 2.29. The molecule has 3 N–H and O–H groups in total. The number of methoxy groups -OCH3 is 1. The van der Waals surface area contributed by atoms with E-state index in [1.807, 2.05) is 24.3 Å². The lowest BCUT2D eigenvalue weighted by atomic mass is 9.93. The molecule has 3 rings (SSSR count). The van der Waals surface area contributed by atoms with Crippen molar-refractivity contribution in [3.05, 3.63) is 70.4 Å². The summed E-state index contributed by atoms with van der Waals surface area (Å²) in [6, 6.07) is 13.6. The molecule has 2 atom stereocenters. The first-order valence-electron chi connectivity index (χ1n) is 10.5. The number of ether oxygens (including phenoxy) is 3. The minimum Gasteiger partial charge on any atom is -0.497 e. The maximum Gasteiger partial charge on any atom is 0.283 e. The number of hydrogen-bond donors (Lipinski definition) is 2. The Morgan fingerprint density at radius 1 is 1.18 bits per heavy atom. The lowest BCUT2D eigenvalue weighted by Crippen LogP contribution is -2.38. The van der Waals surface area contributed by atoms with Gasteiger partial charge in [0.15, 0.2) is 5.76 Å². The van der Waals surface area contributed by atoms with Crippen LogP contribution >= 0.6 is 15.9 Å². The smallest absolute Gasteiger partial charge is 0.283 e. The standard InChI is InChI=1S/C23H27BrN2O7S/c1-31-19-6-8-20(9-7-19)34(29,30)26(10-12-27)11-13-32-22-15-17(14-21(33-22)23(25)28)16-2-4-18(24)5-3-16/h2-9,14,17,22,27H,10-13,15H2,1H3,(H2,25,28)/t17-,22+/m0/s1. The van der Waals surface area contributed by atoms with E-state index < -0.39 is 22.2 Å². The minimum absolute atomic E-state index is 0.00207. The van der Waals surface area contributed by atoms with Crippen LogP contribution in [-0.4, -0.2) is 63.4 Å². The Morgan fingerprint density at radius 3 is 2.44 bits per heavy atom. The molecule has 34 heavy (non-hydrogen) atoms. The number of hydrogen-bond acceptors (Lipinski definition) is 7. The molecule has 0 radical (unpaired) electrons. The van der Waals surface area contributed by atoms with Crippen molar-refractivity contribution in [1.82, 2.24) is 4.31 Å². The van der Waals surface area contributed by atoms with Crippen molar-refractivity contribution in [3.8, 4) is 5.75 Å². The van der Waals surface area contributed by atoms with Gasteiger partial charge in [0.1, 0.15) is 5.75 Å². The quantitative estimate of drug-likeness (QED) is 0.436. The summed E-state index contributed by atoms with van der Waals surface area (Å²) in [4.78, 5) is 11.8. The van der Waals surface area contributed by atoms with Crippen LogP contribution in [0.4, 0.5) is 0 Å². The fourth-order valence-corrected chi connectivity index (χ4v) is 5.20. The molecule has 0 bridgehead atoms. The van der Waals surface area contributed by atoms with E-state index in [2.05, 4.69) is 15.9 Å². The number of benzene rings is 2. The number of nitrogens with two attached hydrogens (primary N) is 1. The van der Waals surface area contributed by atoms with Crippen molar-refractivity contribution < 1.29 is 32.5 Å². The molecule has 0 saturated carbocycles. The van der Waals surface area contributed by atoms with Crippen molar-refractivity contribution >= 4 is 31.9 Å². The summed E-state index contributed by atoms with van der Waals surface area (Å²) >= 11 is 3.40. The van der Waals surface area contributed by atoms with Gasteiger partial charge in [-0.2, -0.15) is 4.31 Å². The molecule has 0 fully saturated rings. The highest BCUT2D eigenvalue weighted by molar-refractivity contribution is 9.10. The first kappa shape index (κ1) is 26.2. The molecule has 1 aliphatic heterocycles. The molecule has 2 aromatic carbocycles. The van der Waals surface area contributed by atoms with E-state index in [0.29, 0.717) is 12.2 Å². The molecule has 0 aromatic heterocycles. The van der Waals surface area contributed by atoms with Crippen LogP contribution in [0.2, 0.25) is 0 Å². The Morgan fingerprint density at radius 2 is 1.85 bits per heavy atom. The molecule has 184 valence electrons. The number of allylic oxidation sites excluding steroid dienone is 1. The Balaban J connectivity index is 1.67. The fraction of sp³-hybridized carbons (Fsp3) is 0.348. The number of aliphatic hydroxyl groups is 1. The van der Waals surface area contributed by atoms with Gasteiger partial charge in [0.25, 0.3) is 5.91 Å². The van der Waals surface area contributed by atoms with Crippen LogP contribution < -0.4 is 10.5 Å². The zero-order valence-electron chi connectivity index (χ0n) is 18.6. The molecular weight excluding hydrogens is 528 g/mol. The number of sulfonamides is 1. The van der Waals surface area contributed by atoms with E-state index >= 15 is 0 Å². The van der Waals surface area contributed by atoms with Crippen LogP contribution in [0.5, 0.6) is 5.75 Å². The average molecular weight is 555 g/mol. The number of nitrogens with zero attached hydrogens (tertiary/aromatic N) is 1. The summed E-state index contributed by atoms with van der Waals surface area (Å²) in [6.07, 6.45) is 1.29. The lowest BCUT2D eigenvalue weighted by Gasteiger charge is -2.29. The fourth-order valence-electron chi connectivity index (χ4n) is 3.52. The largest absolute Gasteiger partial charge is 0.497 e. The zero-order chi connectivity index (χ0) is 24.7. The van der Waals surface area contributed by atoms with Gasteiger partial charge >= 0.3 is 0 Å². The summed E-state index contributed by atoms with van der Waals surface area (Å²) in [5.41, 5.74) is 6.39. The predicted molar refractivity (Wildman–Crippen MR) is 128 cm³/mol. The summed E-state index contributed by atoms with van der Waals surface area (Å²) < 4.78 is 44.6. The number of carbonyl (C=O) groups is 1. The van der Waals surface area contributed by atoms with Gasteiger partial charge < -0.3 is 25.1 Å². The highest BCUT2D eigenvalue weighted by Crippen LogP contribution is 2.32. The normalized spacial score (nSPS) is 18.3. The number of aliphatic hydroxyl groups excluding tert-OH is 1. The zero-order valence-corrected chi connectivity index (χ0v) is 21.0. The van der Waals surface area contributed by atoms with E-state index in [4.69, 9.17) is 19.9 Å². The van der Waals surface area contributed by atoms with Gasteiger partial charge in [-0.05, 0) is 48.0 Å². The lowest BCUT2D eigenvalue weighted by molar-refractivity contribution is -0.144. The number of rotatable bonds is 11. The molecule has 0 aliphatic carbocycles. The van der Waals surface area contributed by atoms with Crippen molar-refractivity contribution in [2.45, 2.75) is 23.5 Å². The van der Waals surface area contributed by atoms with E-state index in [9.17, 15) is 18.3 Å². The second-order valence-electron chi connectivity index (χ2n) is 7.51. The third kappa shape index (κ3) is 6.57. The van der Waals surface area contributed by atoms with E-state index in [-0.39, 0.29) is 42.9 Å². The second kappa shape index (κ2) is 11.8. The number of carbonyl (C=O) groups excluding carboxylic acids is 1. The Labute approximate surface area is 207 Å². The Hall–Kier alpha value is -2.44. The maximum absolute atomic E-state index is 13.0. The summed E-state index contributed by atoms with van der Waals surface area (Å²) in [6.45, 7) is -0.487.